The Morgan fingerprint density at radius 1 is 1.22 bits per heavy atom. The van der Waals surface area contributed by atoms with Gasteiger partial charge in [0.25, 0.3) is 0 Å². The molecule has 94 valence electrons. The van der Waals surface area contributed by atoms with Crippen molar-refractivity contribution in [1.82, 2.24) is 4.98 Å². The molecule has 3 nitrogen and oxygen atoms in total. The predicted octanol–water partition coefficient (Wildman–Crippen LogP) is 3.15. The Morgan fingerprint density at radius 3 is 2.72 bits per heavy atom. The molecule has 0 fully saturated rings. The van der Waals surface area contributed by atoms with Gasteiger partial charge in [-0.15, -0.1) is 0 Å². The molecule has 1 aromatic carbocycles. The fourth-order valence-electron chi connectivity index (χ4n) is 1.68. The number of halogens is 1. The summed E-state index contributed by atoms with van der Waals surface area (Å²) in [6.07, 6.45) is 0. The first-order valence-corrected chi connectivity index (χ1v) is 5.72. The van der Waals surface area contributed by atoms with Gasteiger partial charge in [-0.3, -0.25) is 0 Å². The van der Waals surface area contributed by atoms with Crippen molar-refractivity contribution in [1.29, 1.82) is 0 Å². The lowest BCUT2D eigenvalue weighted by molar-refractivity contribution is 0.288. The van der Waals surface area contributed by atoms with Crippen molar-refractivity contribution in [2.24, 2.45) is 0 Å². The van der Waals surface area contributed by atoms with Crippen LogP contribution in [0.25, 0.3) is 0 Å². The molecule has 18 heavy (non-hydrogen) atoms. The molecule has 1 aromatic heterocycles. The minimum absolute atomic E-state index is 0.152. The van der Waals surface area contributed by atoms with Crippen molar-refractivity contribution in [3.8, 4) is 5.88 Å². The molecule has 0 amide bonds. The summed E-state index contributed by atoms with van der Waals surface area (Å²) in [5.41, 5.74) is 2.10. The summed E-state index contributed by atoms with van der Waals surface area (Å²) in [5, 5.41) is 2.94. The maximum absolute atomic E-state index is 13.7. The Hall–Kier alpha value is -2.10. The van der Waals surface area contributed by atoms with Crippen LogP contribution in [0.1, 0.15) is 11.3 Å². The van der Waals surface area contributed by atoms with Crippen LogP contribution >= 0.6 is 0 Å². The number of hydrogen-bond donors (Lipinski definition) is 1. The zero-order valence-electron chi connectivity index (χ0n) is 10.4. The number of nitrogens with one attached hydrogen (secondary N) is 1. The van der Waals surface area contributed by atoms with Gasteiger partial charge in [0.05, 0.1) is 0 Å². The molecule has 0 atom stereocenters. The summed E-state index contributed by atoms with van der Waals surface area (Å²) in [5.74, 6) is 0.217. The van der Waals surface area contributed by atoms with E-state index in [4.69, 9.17) is 4.74 Å². The number of anilines is 1. The van der Waals surface area contributed by atoms with E-state index in [9.17, 15) is 4.39 Å². The highest BCUT2D eigenvalue weighted by Gasteiger charge is 2.08. The van der Waals surface area contributed by atoms with Crippen molar-refractivity contribution in [3.05, 3.63) is 53.5 Å². The molecule has 0 saturated heterocycles. The zero-order valence-corrected chi connectivity index (χ0v) is 10.4. The van der Waals surface area contributed by atoms with Crippen molar-refractivity contribution in [2.45, 2.75) is 13.5 Å². The van der Waals surface area contributed by atoms with Crippen LogP contribution in [-0.2, 0) is 6.61 Å². The van der Waals surface area contributed by atoms with Gasteiger partial charge in [-0.25, -0.2) is 9.37 Å². The molecular weight excluding hydrogens is 231 g/mol. The lowest BCUT2D eigenvalue weighted by atomic mass is 10.2. The van der Waals surface area contributed by atoms with E-state index < -0.39 is 0 Å². The van der Waals surface area contributed by atoms with Crippen molar-refractivity contribution >= 4 is 5.69 Å². The number of rotatable bonds is 4. The standard InChI is InChI=1S/C14H15FN2O/c1-10-5-3-8-14(17-10)18-9-11-12(15)6-4-7-13(11)16-2/h3-8,16H,9H2,1-2H3. The SMILES string of the molecule is CNc1cccc(F)c1COc1cccc(C)n1. The second-order valence-electron chi connectivity index (χ2n) is 3.92. The van der Waals surface area contributed by atoms with Gasteiger partial charge in [-0.2, -0.15) is 0 Å². The first kappa shape index (κ1) is 12.4. The summed E-state index contributed by atoms with van der Waals surface area (Å²) < 4.78 is 19.2. The lowest BCUT2D eigenvalue weighted by Gasteiger charge is -2.11. The summed E-state index contributed by atoms with van der Waals surface area (Å²) in [6.45, 7) is 2.04. The molecule has 0 saturated carbocycles. The third-order valence-electron chi connectivity index (χ3n) is 2.62. The van der Waals surface area contributed by atoms with Gasteiger partial charge in [0.15, 0.2) is 0 Å². The van der Waals surface area contributed by atoms with E-state index in [2.05, 4.69) is 10.3 Å². The number of pyridine rings is 1. The molecule has 0 unspecified atom stereocenters. The van der Waals surface area contributed by atoms with E-state index in [1.165, 1.54) is 6.07 Å². The molecule has 0 bridgehead atoms. The molecular formula is C14H15FN2O. The van der Waals surface area contributed by atoms with Gasteiger partial charge < -0.3 is 10.1 Å². The van der Waals surface area contributed by atoms with Crippen LogP contribution in [0.4, 0.5) is 10.1 Å². The largest absolute Gasteiger partial charge is 0.473 e. The van der Waals surface area contributed by atoms with Gasteiger partial charge in [0, 0.05) is 30.1 Å². The normalized spacial score (nSPS) is 10.2. The number of ether oxygens (including phenoxy) is 1. The summed E-state index contributed by atoms with van der Waals surface area (Å²) in [6, 6.07) is 10.4. The average molecular weight is 246 g/mol. The maximum Gasteiger partial charge on any atom is 0.213 e. The summed E-state index contributed by atoms with van der Waals surface area (Å²) in [4.78, 5) is 4.21. The highest BCUT2D eigenvalue weighted by molar-refractivity contribution is 5.51. The molecule has 0 aliphatic carbocycles. The Balaban J connectivity index is 2.15. The van der Waals surface area contributed by atoms with Crippen molar-refractivity contribution in [3.63, 3.8) is 0 Å². The van der Waals surface area contributed by atoms with Gasteiger partial charge in [0.2, 0.25) is 5.88 Å². The number of aromatic nitrogens is 1. The van der Waals surface area contributed by atoms with Crippen LogP contribution in [-0.4, -0.2) is 12.0 Å². The molecule has 0 aliphatic rings. The van der Waals surface area contributed by atoms with Gasteiger partial charge in [-0.1, -0.05) is 12.1 Å². The fourth-order valence-corrected chi connectivity index (χ4v) is 1.68. The van der Waals surface area contributed by atoms with E-state index in [0.717, 1.165) is 11.4 Å². The van der Waals surface area contributed by atoms with E-state index in [0.29, 0.717) is 11.4 Å². The summed E-state index contributed by atoms with van der Waals surface area (Å²) in [7, 11) is 1.75. The lowest BCUT2D eigenvalue weighted by Crippen LogP contribution is -2.04. The molecule has 0 radical (unpaired) electrons. The second kappa shape index (κ2) is 5.49. The highest BCUT2D eigenvalue weighted by Crippen LogP contribution is 2.20. The Morgan fingerprint density at radius 2 is 2.00 bits per heavy atom. The second-order valence-corrected chi connectivity index (χ2v) is 3.92. The molecule has 0 aliphatic heterocycles. The summed E-state index contributed by atoms with van der Waals surface area (Å²) >= 11 is 0. The van der Waals surface area contributed by atoms with E-state index >= 15 is 0 Å². The highest BCUT2D eigenvalue weighted by atomic mass is 19.1. The van der Waals surface area contributed by atoms with E-state index in [1.54, 1.807) is 19.2 Å². The number of aryl methyl sites for hydroxylation is 1. The van der Waals surface area contributed by atoms with Crippen molar-refractivity contribution in [2.75, 3.05) is 12.4 Å². The Labute approximate surface area is 106 Å². The first-order chi connectivity index (χ1) is 8.70. The molecule has 1 N–H and O–H groups in total. The molecule has 2 aromatic rings. The Bertz CT molecular complexity index is 543. The topological polar surface area (TPSA) is 34.1 Å². The van der Waals surface area contributed by atoms with Crippen LogP contribution in [0.3, 0.4) is 0 Å². The van der Waals surface area contributed by atoms with Crippen LogP contribution in [0.15, 0.2) is 36.4 Å². The number of benzene rings is 1. The van der Waals surface area contributed by atoms with E-state index in [1.807, 2.05) is 25.1 Å². The third-order valence-corrected chi connectivity index (χ3v) is 2.62. The van der Waals surface area contributed by atoms with Crippen LogP contribution < -0.4 is 10.1 Å². The smallest absolute Gasteiger partial charge is 0.213 e. The van der Waals surface area contributed by atoms with E-state index in [-0.39, 0.29) is 12.4 Å². The molecule has 4 heteroatoms. The minimum atomic E-state index is -0.283. The fraction of sp³-hybridized carbons (Fsp3) is 0.214. The van der Waals surface area contributed by atoms with Crippen molar-refractivity contribution < 1.29 is 9.13 Å². The maximum atomic E-state index is 13.7. The first-order valence-electron chi connectivity index (χ1n) is 5.72. The number of hydrogen-bond acceptors (Lipinski definition) is 3. The molecule has 0 spiro atoms. The van der Waals surface area contributed by atoms with Crippen LogP contribution in [0.2, 0.25) is 0 Å². The molecule has 1 heterocycles. The third kappa shape index (κ3) is 2.77. The monoisotopic (exact) mass is 246 g/mol. The average Bonchev–Trinajstić information content (AvgIpc) is 2.37. The quantitative estimate of drug-likeness (QED) is 0.899. The van der Waals surface area contributed by atoms with Gasteiger partial charge in [-0.05, 0) is 25.1 Å². The van der Waals surface area contributed by atoms with Gasteiger partial charge in [0.1, 0.15) is 12.4 Å². The Kier molecular flexibility index (Phi) is 3.77. The predicted molar refractivity (Wildman–Crippen MR) is 69.3 cm³/mol. The zero-order chi connectivity index (χ0) is 13.0. The number of nitrogens with zero attached hydrogens (tertiary/aromatic N) is 1. The van der Waals surface area contributed by atoms with Gasteiger partial charge >= 0.3 is 0 Å². The minimum Gasteiger partial charge on any atom is -0.473 e. The van der Waals surface area contributed by atoms with Crippen LogP contribution in [0.5, 0.6) is 5.88 Å². The molecule has 2 rings (SSSR count). The van der Waals surface area contributed by atoms with Crippen LogP contribution in [0, 0.1) is 12.7 Å².